The average Bonchev–Trinajstić information content (AvgIpc) is 2.10. The Morgan fingerprint density at radius 3 is 2.44 bits per heavy atom. The Morgan fingerprint density at radius 1 is 1.31 bits per heavy atom. The summed E-state index contributed by atoms with van der Waals surface area (Å²) in [5.74, 6) is 0.595. The average molecular weight is 247 g/mol. The van der Waals surface area contributed by atoms with Gasteiger partial charge in [0.15, 0.2) is 5.12 Å². The van der Waals surface area contributed by atoms with Crippen molar-refractivity contribution < 1.29 is 14.3 Å². The van der Waals surface area contributed by atoms with E-state index < -0.39 is 11.7 Å². The van der Waals surface area contributed by atoms with Gasteiger partial charge in [-0.25, -0.2) is 4.79 Å². The number of rotatable bonds is 5. The lowest BCUT2D eigenvalue weighted by Gasteiger charge is -2.19. The van der Waals surface area contributed by atoms with Crippen molar-refractivity contribution in [1.29, 1.82) is 0 Å². The highest BCUT2D eigenvalue weighted by atomic mass is 32.2. The van der Waals surface area contributed by atoms with Crippen LogP contribution in [-0.2, 0) is 9.53 Å². The third-order valence-electron chi connectivity index (χ3n) is 1.49. The van der Waals surface area contributed by atoms with Gasteiger partial charge in [0, 0.05) is 18.7 Å². The minimum absolute atomic E-state index is 0.175. The third-order valence-corrected chi connectivity index (χ3v) is 2.42. The van der Waals surface area contributed by atoms with Crippen LogP contribution in [0.3, 0.4) is 0 Å². The fourth-order valence-corrected chi connectivity index (χ4v) is 1.69. The molecule has 0 aromatic rings. The quantitative estimate of drug-likeness (QED) is 0.759. The molecule has 0 rings (SSSR count). The first-order valence-corrected chi connectivity index (χ1v) is 6.46. The molecule has 0 heterocycles. The first-order chi connectivity index (χ1) is 7.35. The number of hydrogen-bond donors (Lipinski definition) is 1. The van der Waals surface area contributed by atoms with Gasteiger partial charge in [0.1, 0.15) is 5.60 Å². The van der Waals surface area contributed by atoms with E-state index in [9.17, 15) is 9.59 Å². The molecule has 0 spiro atoms. The van der Waals surface area contributed by atoms with Gasteiger partial charge in [-0.15, -0.1) is 0 Å². The second-order valence-electron chi connectivity index (χ2n) is 4.40. The Kier molecular flexibility index (Phi) is 7.21. The van der Waals surface area contributed by atoms with Crippen LogP contribution < -0.4 is 5.32 Å². The molecular formula is C11H21NO3S. The standard InChI is InChI=1S/C11H21NO3S/c1-5-6-9(13)16-8-7-12-10(14)15-11(2,3)4/h5-8H2,1-4H3,(H,12,14). The van der Waals surface area contributed by atoms with Gasteiger partial charge in [0.2, 0.25) is 0 Å². The first kappa shape index (κ1) is 15.3. The second kappa shape index (κ2) is 7.54. The largest absolute Gasteiger partial charge is 0.444 e. The maximum atomic E-state index is 11.2. The van der Waals surface area contributed by atoms with Crippen LogP contribution >= 0.6 is 11.8 Å². The summed E-state index contributed by atoms with van der Waals surface area (Å²) in [5.41, 5.74) is -0.477. The zero-order chi connectivity index (χ0) is 12.6. The summed E-state index contributed by atoms with van der Waals surface area (Å²) >= 11 is 1.25. The molecule has 16 heavy (non-hydrogen) atoms. The zero-order valence-electron chi connectivity index (χ0n) is 10.5. The van der Waals surface area contributed by atoms with Gasteiger partial charge < -0.3 is 10.1 Å². The molecule has 0 aromatic heterocycles. The van der Waals surface area contributed by atoms with E-state index in [0.717, 1.165) is 6.42 Å². The van der Waals surface area contributed by atoms with Gasteiger partial charge in [0.05, 0.1) is 0 Å². The zero-order valence-corrected chi connectivity index (χ0v) is 11.3. The van der Waals surface area contributed by atoms with E-state index in [4.69, 9.17) is 4.74 Å². The monoisotopic (exact) mass is 247 g/mol. The number of alkyl carbamates (subject to hydrolysis) is 1. The van der Waals surface area contributed by atoms with Crippen molar-refractivity contribution in [1.82, 2.24) is 5.32 Å². The summed E-state index contributed by atoms with van der Waals surface area (Å²) in [6.45, 7) is 7.86. The molecule has 0 radical (unpaired) electrons. The molecule has 0 bridgehead atoms. The van der Waals surface area contributed by atoms with Gasteiger partial charge in [0.25, 0.3) is 0 Å². The van der Waals surface area contributed by atoms with Crippen molar-refractivity contribution in [3.05, 3.63) is 0 Å². The van der Waals surface area contributed by atoms with Crippen molar-refractivity contribution in [2.24, 2.45) is 0 Å². The second-order valence-corrected chi connectivity index (χ2v) is 5.55. The predicted molar refractivity (Wildman–Crippen MR) is 66.6 cm³/mol. The maximum absolute atomic E-state index is 11.2. The Balaban J connectivity index is 3.52. The molecule has 0 aliphatic rings. The van der Waals surface area contributed by atoms with E-state index in [2.05, 4.69) is 5.32 Å². The topological polar surface area (TPSA) is 55.4 Å². The van der Waals surface area contributed by atoms with E-state index in [1.807, 2.05) is 27.7 Å². The lowest BCUT2D eigenvalue weighted by atomic mass is 10.2. The molecule has 0 aromatic carbocycles. The number of carbonyl (C=O) groups excluding carboxylic acids is 2. The van der Waals surface area contributed by atoms with Gasteiger partial charge in [-0.05, 0) is 27.2 Å². The lowest BCUT2D eigenvalue weighted by Crippen LogP contribution is -2.33. The number of thioether (sulfide) groups is 1. The molecular weight excluding hydrogens is 226 g/mol. The minimum Gasteiger partial charge on any atom is -0.444 e. The van der Waals surface area contributed by atoms with Crippen molar-refractivity contribution >= 4 is 23.0 Å². The van der Waals surface area contributed by atoms with Gasteiger partial charge in [-0.2, -0.15) is 0 Å². The van der Waals surface area contributed by atoms with Crippen LogP contribution in [0.2, 0.25) is 0 Å². The van der Waals surface area contributed by atoms with Crippen molar-refractivity contribution in [3.63, 3.8) is 0 Å². The summed E-state index contributed by atoms with van der Waals surface area (Å²) in [7, 11) is 0. The van der Waals surface area contributed by atoms with Crippen LogP contribution in [0.25, 0.3) is 0 Å². The highest BCUT2D eigenvalue weighted by molar-refractivity contribution is 8.13. The molecule has 94 valence electrons. The fraction of sp³-hybridized carbons (Fsp3) is 0.818. The summed E-state index contributed by atoms with van der Waals surface area (Å²) in [6.07, 6.45) is 1.03. The highest BCUT2D eigenvalue weighted by Gasteiger charge is 2.15. The SMILES string of the molecule is CCCC(=O)SCCNC(=O)OC(C)(C)C. The van der Waals surface area contributed by atoms with Gasteiger partial charge in [-0.1, -0.05) is 18.7 Å². The molecule has 0 atom stereocenters. The number of hydrogen-bond acceptors (Lipinski definition) is 4. The van der Waals surface area contributed by atoms with Crippen molar-refractivity contribution in [3.8, 4) is 0 Å². The van der Waals surface area contributed by atoms with E-state index in [0.29, 0.717) is 18.7 Å². The maximum Gasteiger partial charge on any atom is 0.407 e. The van der Waals surface area contributed by atoms with Gasteiger partial charge >= 0.3 is 6.09 Å². The van der Waals surface area contributed by atoms with Crippen LogP contribution in [0.4, 0.5) is 4.79 Å². The summed E-state index contributed by atoms with van der Waals surface area (Å²) < 4.78 is 5.05. The highest BCUT2D eigenvalue weighted by Crippen LogP contribution is 2.07. The van der Waals surface area contributed by atoms with Crippen LogP contribution in [-0.4, -0.2) is 29.1 Å². The normalized spacial score (nSPS) is 11.0. The smallest absolute Gasteiger partial charge is 0.407 e. The van der Waals surface area contributed by atoms with Crippen LogP contribution in [0.5, 0.6) is 0 Å². The Labute approximate surface area is 101 Å². The lowest BCUT2D eigenvalue weighted by molar-refractivity contribution is -0.111. The Bertz CT molecular complexity index is 236. The summed E-state index contributed by atoms with van der Waals surface area (Å²) in [5, 5.41) is 2.78. The minimum atomic E-state index is -0.477. The predicted octanol–water partition coefficient (Wildman–Crippen LogP) is 2.57. The first-order valence-electron chi connectivity index (χ1n) is 5.47. The fourth-order valence-electron chi connectivity index (χ4n) is 0.908. The van der Waals surface area contributed by atoms with Gasteiger partial charge in [-0.3, -0.25) is 4.79 Å². The molecule has 0 unspecified atom stereocenters. The molecule has 1 N–H and O–H groups in total. The Morgan fingerprint density at radius 2 is 1.94 bits per heavy atom. The molecule has 0 saturated carbocycles. The summed E-state index contributed by atoms with van der Waals surface area (Å²) in [4.78, 5) is 22.3. The number of nitrogens with one attached hydrogen (secondary N) is 1. The number of ether oxygens (including phenoxy) is 1. The molecule has 0 aliphatic carbocycles. The van der Waals surface area contributed by atoms with Crippen LogP contribution in [0, 0.1) is 0 Å². The molecule has 5 heteroatoms. The van der Waals surface area contributed by atoms with Crippen LogP contribution in [0.1, 0.15) is 40.5 Å². The summed E-state index contributed by atoms with van der Waals surface area (Å²) in [6, 6.07) is 0. The van der Waals surface area contributed by atoms with E-state index >= 15 is 0 Å². The Hall–Kier alpha value is -0.710. The third kappa shape index (κ3) is 9.83. The molecule has 0 aliphatic heterocycles. The van der Waals surface area contributed by atoms with Crippen LogP contribution in [0.15, 0.2) is 0 Å². The van der Waals surface area contributed by atoms with E-state index in [1.54, 1.807) is 0 Å². The molecule has 0 fully saturated rings. The molecule has 4 nitrogen and oxygen atoms in total. The van der Waals surface area contributed by atoms with E-state index in [-0.39, 0.29) is 5.12 Å². The number of amides is 1. The van der Waals surface area contributed by atoms with Crippen molar-refractivity contribution in [2.45, 2.75) is 46.1 Å². The van der Waals surface area contributed by atoms with E-state index in [1.165, 1.54) is 11.8 Å². The number of carbonyl (C=O) groups is 2. The molecule has 0 saturated heterocycles. The molecule has 1 amide bonds. The van der Waals surface area contributed by atoms with Crippen molar-refractivity contribution in [2.75, 3.05) is 12.3 Å².